The SMILES string of the molecule is C[C@@H]1CCCCN1CCOc1ccc(NC(=O)C2(c3ccc([N+](=O)[O-])cc3)CCOCC2)cc1. The van der Waals surface area contributed by atoms with E-state index >= 15 is 0 Å². The number of hydrogen-bond donors (Lipinski definition) is 1. The molecule has 1 atom stereocenters. The zero-order valence-electron chi connectivity index (χ0n) is 19.7. The number of ether oxygens (including phenoxy) is 2. The summed E-state index contributed by atoms with van der Waals surface area (Å²) in [7, 11) is 0. The number of nitro benzene ring substituents is 1. The predicted molar refractivity (Wildman–Crippen MR) is 130 cm³/mol. The van der Waals surface area contributed by atoms with E-state index in [1.54, 1.807) is 12.1 Å². The Morgan fingerprint density at radius 1 is 1.15 bits per heavy atom. The fourth-order valence-corrected chi connectivity index (χ4v) is 4.92. The minimum atomic E-state index is -0.784. The summed E-state index contributed by atoms with van der Waals surface area (Å²) in [5.41, 5.74) is 0.686. The van der Waals surface area contributed by atoms with E-state index in [0.717, 1.165) is 24.4 Å². The molecule has 1 amide bonds. The molecule has 34 heavy (non-hydrogen) atoms. The van der Waals surface area contributed by atoms with Crippen molar-refractivity contribution in [2.24, 2.45) is 0 Å². The number of non-ortho nitro benzene ring substituents is 1. The average Bonchev–Trinajstić information content (AvgIpc) is 2.86. The Balaban J connectivity index is 1.38. The molecule has 2 aromatic rings. The lowest BCUT2D eigenvalue weighted by Gasteiger charge is -2.36. The van der Waals surface area contributed by atoms with Crippen molar-refractivity contribution in [2.75, 3.05) is 38.2 Å². The van der Waals surface area contributed by atoms with Crippen molar-refractivity contribution in [3.8, 4) is 5.75 Å². The highest BCUT2D eigenvalue weighted by molar-refractivity contribution is 5.99. The summed E-state index contributed by atoms with van der Waals surface area (Å²) in [5.74, 6) is 0.649. The lowest BCUT2D eigenvalue weighted by atomic mass is 9.73. The quantitative estimate of drug-likeness (QED) is 0.453. The van der Waals surface area contributed by atoms with Gasteiger partial charge in [-0.15, -0.1) is 0 Å². The van der Waals surface area contributed by atoms with Gasteiger partial charge in [-0.3, -0.25) is 19.8 Å². The maximum atomic E-state index is 13.4. The second-order valence-corrected chi connectivity index (χ2v) is 9.21. The Kier molecular flexibility index (Phi) is 7.80. The minimum Gasteiger partial charge on any atom is -0.492 e. The number of nitrogens with zero attached hydrogens (tertiary/aromatic N) is 2. The van der Waals surface area contributed by atoms with Gasteiger partial charge in [0.15, 0.2) is 0 Å². The lowest BCUT2D eigenvalue weighted by molar-refractivity contribution is -0.384. The van der Waals surface area contributed by atoms with Crippen molar-refractivity contribution in [1.29, 1.82) is 0 Å². The number of amides is 1. The zero-order chi connectivity index (χ0) is 24.0. The molecule has 8 heteroatoms. The van der Waals surface area contributed by atoms with Crippen LogP contribution in [-0.4, -0.2) is 54.7 Å². The van der Waals surface area contributed by atoms with Gasteiger partial charge in [-0.1, -0.05) is 18.6 Å². The maximum absolute atomic E-state index is 13.4. The zero-order valence-corrected chi connectivity index (χ0v) is 19.7. The molecule has 0 unspecified atom stereocenters. The highest BCUT2D eigenvalue weighted by atomic mass is 16.6. The number of nitrogens with one attached hydrogen (secondary N) is 1. The molecule has 2 aliphatic rings. The van der Waals surface area contributed by atoms with Crippen LogP contribution < -0.4 is 10.1 Å². The first-order valence-electron chi connectivity index (χ1n) is 12.1. The Morgan fingerprint density at radius 3 is 2.50 bits per heavy atom. The molecule has 0 spiro atoms. The highest BCUT2D eigenvalue weighted by Gasteiger charge is 2.42. The number of hydrogen-bond acceptors (Lipinski definition) is 6. The summed E-state index contributed by atoms with van der Waals surface area (Å²) in [6.07, 6.45) is 4.86. The first-order valence-corrected chi connectivity index (χ1v) is 12.1. The summed E-state index contributed by atoms with van der Waals surface area (Å²) in [5, 5.41) is 14.1. The maximum Gasteiger partial charge on any atom is 0.269 e. The summed E-state index contributed by atoms with van der Waals surface area (Å²) in [6, 6.07) is 14.3. The van der Waals surface area contributed by atoms with E-state index < -0.39 is 10.3 Å². The Labute approximate surface area is 200 Å². The molecule has 182 valence electrons. The van der Waals surface area contributed by atoms with Gasteiger partial charge < -0.3 is 14.8 Å². The van der Waals surface area contributed by atoms with Crippen LogP contribution in [0.15, 0.2) is 48.5 Å². The number of rotatable bonds is 8. The summed E-state index contributed by atoms with van der Waals surface area (Å²) in [4.78, 5) is 26.5. The van der Waals surface area contributed by atoms with E-state index in [0.29, 0.717) is 44.4 Å². The van der Waals surface area contributed by atoms with Crippen LogP contribution in [0.1, 0.15) is 44.6 Å². The molecule has 0 aromatic heterocycles. The number of nitro groups is 1. The molecular weight excluding hydrogens is 434 g/mol. The summed E-state index contributed by atoms with van der Waals surface area (Å²) >= 11 is 0. The van der Waals surface area contributed by atoms with E-state index in [1.165, 1.54) is 31.4 Å². The van der Waals surface area contributed by atoms with Crippen LogP contribution in [0.25, 0.3) is 0 Å². The van der Waals surface area contributed by atoms with Gasteiger partial charge in [-0.2, -0.15) is 0 Å². The third-order valence-corrected chi connectivity index (χ3v) is 7.11. The molecule has 2 saturated heterocycles. The van der Waals surface area contributed by atoms with Gasteiger partial charge in [0.25, 0.3) is 5.69 Å². The molecule has 0 saturated carbocycles. The third kappa shape index (κ3) is 5.56. The van der Waals surface area contributed by atoms with E-state index in [2.05, 4.69) is 17.1 Å². The van der Waals surface area contributed by atoms with E-state index in [1.807, 2.05) is 24.3 Å². The normalized spacial score (nSPS) is 20.4. The van der Waals surface area contributed by atoms with Crippen LogP contribution in [0, 0.1) is 10.1 Å². The minimum absolute atomic E-state index is 0.0108. The predicted octanol–water partition coefficient (Wildman–Crippen LogP) is 4.53. The highest BCUT2D eigenvalue weighted by Crippen LogP contribution is 2.37. The second kappa shape index (κ2) is 11.0. The number of likely N-dealkylation sites (tertiary alicyclic amines) is 1. The van der Waals surface area contributed by atoms with E-state index in [-0.39, 0.29) is 11.6 Å². The van der Waals surface area contributed by atoms with Gasteiger partial charge in [0.1, 0.15) is 12.4 Å². The fourth-order valence-electron chi connectivity index (χ4n) is 4.92. The number of anilines is 1. The largest absolute Gasteiger partial charge is 0.492 e. The lowest BCUT2D eigenvalue weighted by Crippen LogP contribution is -2.44. The fraction of sp³-hybridized carbons (Fsp3) is 0.500. The van der Waals surface area contributed by atoms with Crippen LogP contribution in [0.4, 0.5) is 11.4 Å². The molecule has 1 N–H and O–H groups in total. The Morgan fingerprint density at radius 2 is 1.85 bits per heavy atom. The first kappa shape index (κ1) is 24.2. The number of benzene rings is 2. The van der Waals surface area contributed by atoms with E-state index in [9.17, 15) is 14.9 Å². The van der Waals surface area contributed by atoms with Crippen molar-refractivity contribution in [3.05, 3.63) is 64.2 Å². The van der Waals surface area contributed by atoms with Gasteiger partial charge in [-0.25, -0.2) is 0 Å². The third-order valence-electron chi connectivity index (χ3n) is 7.11. The number of piperidine rings is 1. The standard InChI is InChI=1S/C26H33N3O5/c1-20-4-2-3-15-28(20)16-19-34-24-11-7-22(8-12-24)27-25(30)26(13-17-33-18-14-26)21-5-9-23(10-6-21)29(31)32/h5-12,20H,2-4,13-19H2,1H3,(H,27,30)/t20-/m1/s1. The molecule has 0 radical (unpaired) electrons. The molecule has 2 heterocycles. The Bertz CT molecular complexity index is 971. The average molecular weight is 468 g/mol. The van der Waals surface area contributed by atoms with Crippen molar-refractivity contribution in [1.82, 2.24) is 4.90 Å². The summed E-state index contributed by atoms with van der Waals surface area (Å²) in [6.45, 7) is 5.90. The molecule has 0 aliphatic carbocycles. The molecule has 4 rings (SSSR count). The van der Waals surface area contributed by atoms with Gasteiger partial charge in [0.2, 0.25) is 5.91 Å². The smallest absolute Gasteiger partial charge is 0.269 e. The Hall–Kier alpha value is -2.97. The monoisotopic (exact) mass is 467 g/mol. The van der Waals surface area contributed by atoms with Crippen LogP contribution in [0.5, 0.6) is 5.75 Å². The summed E-state index contributed by atoms with van der Waals surface area (Å²) < 4.78 is 11.4. The first-order chi connectivity index (χ1) is 16.5. The van der Waals surface area contributed by atoms with Crippen LogP contribution in [0.2, 0.25) is 0 Å². The van der Waals surface area contributed by atoms with Crippen molar-refractivity contribution in [2.45, 2.75) is 50.5 Å². The van der Waals surface area contributed by atoms with Crippen LogP contribution in [0.3, 0.4) is 0 Å². The topological polar surface area (TPSA) is 93.9 Å². The van der Waals surface area contributed by atoms with Gasteiger partial charge in [0, 0.05) is 43.6 Å². The van der Waals surface area contributed by atoms with Crippen molar-refractivity contribution in [3.63, 3.8) is 0 Å². The van der Waals surface area contributed by atoms with Crippen LogP contribution in [-0.2, 0) is 14.9 Å². The van der Waals surface area contributed by atoms with Crippen LogP contribution >= 0.6 is 0 Å². The molecular formula is C26H33N3O5. The molecule has 8 nitrogen and oxygen atoms in total. The molecule has 2 fully saturated rings. The number of carbonyl (C=O) groups is 1. The molecule has 2 aromatic carbocycles. The van der Waals surface area contributed by atoms with Crippen molar-refractivity contribution >= 4 is 17.3 Å². The van der Waals surface area contributed by atoms with Crippen molar-refractivity contribution < 1.29 is 19.2 Å². The second-order valence-electron chi connectivity index (χ2n) is 9.21. The van der Waals surface area contributed by atoms with Gasteiger partial charge >= 0.3 is 0 Å². The number of carbonyl (C=O) groups excluding carboxylic acids is 1. The van der Waals surface area contributed by atoms with Gasteiger partial charge in [-0.05, 0) is 69.0 Å². The molecule has 0 bridgehead atoms. The van der Waals surface area contributed by atoms with E-state index in [4.69, 9.17) is 9.47 Å². The molecule has 2 aliphatic heterocycles. The van der Waals surface area contributed by atoms with Gasteiger partial charge in [0.05, 0.1) is 10.3 Å².